The minimum Gasteiger partial charge on any atom is -0.309 e. The van der Waals surface area contributed by atoms with Crippen LogP contribution in [0, 0.1) is 0 Å². The first-order chi connectivity index (χ1) is 8.34. The Kier molecular flexibility index (Phi) is 2.69. The summed E-state index contributed by atoms with van der Waals surface area (Å²) >= 11 is 0. The van der Waals surface area contributed by atoms with Crippen molar-refractivity contribution >= 4 is 0 Å². The fraction of sp³-hybridized carbons (Fsp3) is 0.357. The number of aromatic nitrogens is 2. The second-order valence-corrected chi connectivity index (χ2v) is 4.59. The zero-order chi connectivity index (χ0) is 11.7. The van der Waals surface area contributed by atoms with Gasteiger partial charge in [0, 0.05) is 18.7 Å². The van der Waals surface area contributed by atoms with Crippen LogP contribution in [0.25, 0.3) is 11.3 Å². The molecule has 17 heavy (non-hydrogen) atoms. The molecule has 1 aliphatic rings. The van der Waals surface area contributed by atoms with Crippen molar-refractivity contribution in [2.75, 3.05) is 6.54 Å². The molecule has 1 N–H and O–H groups in total. The summed E-state index contributed by atoms with van der Waals surface area (Å²) in [5.74, 6) is 0. The Bertz CT molecular complexity index is 495. The molecule has 1 fully saturated rings. The van der Waals surface area contributed by atoms with E-state index in [-0.39, 0.29) is 0 Å². The minimum atomic E-state index is 0.477. The lowest BCUT2D eigenvalue weighted by molar-refractivity contribution is 0.574. The van der Waals surface area contributed by atoms with E-state index < -0.39 is 0 Å². The highest BCUT2D eigenvalue weighted by Crippen LogP contribution is 2.26. The van der Waals surface area contributed by atoms with E-state index in [1.54, 1.807) is 0 Å². The Morgan fingerprint density at radius 2 is 2.12 bits per heavy atom. The van der Waals surface area contributed by atoms with Crippen LogP contribution in [0.1, 0.15) is 24.6 Å². The van der Waals surface area contributed by atoms with Crippen LogP contribution < -0.4 is 5.32 Å². The number of rotatable bonds is 2. The molecule has 0 spiro atoms. The van der Waals surface area contributed by atoms with Gasteiger partial charge in [0.2, 0.25) is 0 Å². The first kappa shape index (κ1) is 10.5. The van der Waals surface area contributed by atoms with Crippen molar-refractivity contribution in [3.63, 3.8) is 0 Å². The van der Waals surface area contributed by atoms with E-state index in [0.717, 1.165) is 12.2 Å². The van der Waals surface area contributed by atoms with Gasteiger partial charge in [-0.2, -0.15) is 5.10 Å². The molecule has 0 saturated carbocycles. The standard InChI is InChI=1S/C14H17N3/c1-17-14(12-8-5-9-15-12)10-13(16-17)11-6-3-2-4-7-11/h2-4,6-7,10,12,15H,5,8-9H2,1H3. The van der Waals surface area contributed by atoms with Gasteiger partial charge >= 0.3 is 0 Å². The van der Waals surface area contributed by atoms with E-state index >= 15 is 0 Å². The lowest BCUT2D eigenvalue weighted by Gasteiger charge is -2.09. The minimum absolute atomic E-state index is 0.477. The molecule has 0 aliphatic carbocycles. The molecule has 1 unspecified atom stereocenters. The van der Waals surface area contributed by atoms with E-state index in [2.05, 4.69) is 40.7 Å². The largest absolute Gasteiger partial charge is 0.309 e. The summed E-state index contributed by atoms with van der Waals surface area (Å²) in [4.78, 5) is 0. The average molecular weight is 227 g/mol. The van der Waals surface area contributed by atoms with Crippen molar-refractivity contribution in [2.24, 2.45) is 7.05 Å². The topological polar surface area (TPSA) is 29.9 Å². The van der Waals surface area contributed by atoms with Crippen LogP contribution in [-0.2, 0) is 7.05 Å². The van der Waals surface area contributed by atoms with Gasteiger partial charge in [-0.05, 0) is 25.5 Å². The second-order valence-electron chi connectivity index (χ2n) is 4.59. The summed E-state index contributed by atoms with van der Waals surface area (Å²) < 4.78 is 2.01. The zero-order valence-corrected chi connectivity index (χ0v) is 10.1. The molecule has 1 aromatic heterocycles. The Morgan fingerprint density at radius 1 is 1.29 bits per heavy atom. The van der Waals surface area contributed by atoms with Crippen LogP contribution in [0.2, 0.25) is 0 Å². The molecule has 3 nitrogen and oxygen atoms in total. The van der Waals surface area contributed by atoms with Gasteiger partial charge in [0.05, 0.1) is 11.4 Å². The Morgan fingerprint density at radius 3 is 2.82 bits per heavy atom. The Hall–Kier alpha value is -1.61. The molecule has 1 saturated heterocycles. The highest BCUT2D eigenvalue weighted by Gasteiger charge is 2.20. The Balaban J connectivity index is 1.95. The lowest BCUT2D eigenvalue weighted by atomic mass is 10.1. The third-order valence-electron chi connectivity index (χ3n) is 3.40. The molecule has 0 amide bonds. The smallest absolute Gasteiger partial charge is 0.0926 e. The van der Waals surface area contributed by atoms with Gasteiger partial charge in [-0.3, -0.25) is 4.68 Å². The molecule has 88 valence electrons. The number of hydrogen-bond acceptors (Lipinski definition) is 2. The van der Waals surface area contributed by atoms with Crippen LogP contribution in [-0.4, -0.2) is 16.3 Å². The number of nitrogens with zero attached hydrogens (tertiary/aromatic N) is 2. The molecule has 1 atom stereocenters. The summed E-state index contributed by atoms with van der Waals surface area (Å²) in [7, 11) is 2.03. The molecule has 0 radical (unpaired) electrons. The van der Waals surface area contributed by atoms with Gasteiger partial charge in [-0.15, -0.1) is 0 Å². The van der Waals surface area contributed by atoms with Gasteiger partial charge in [-0.1, -0.05) is 30.3 Å². The summed E-state index contributed by atoms with van der Waals surface area (Å²) in [5.41, 5.74) is 3.55. The van der Waals surface area contributed by atoms with Gasteiger partial charge in [0.25, 0.3) is 0 Å². The van der Waals surface area contributed by atoms with E-state index in [1.165, 1.54) is 24.1 Å². The highest BCUT2D eigenvalue weighted by molar-refractivity contribution is 5.59. The number of hydrogen-bond donors (Lipinski definition) is 1. The van der Waals surface area contributed by atoms with Gasteiger partial charge in [0.1, 0.15) is 0 Å². The van der Waals surface area contributed by atoms with Crippen LogP contribution >= 0.6 is 0 Å². The van der Waals surface area contributed by atoms with E-state index in [0.29, 0.717) is 6.04 Å². The van der Waals surface area contributed by atoms with Crippen molar-refractivity contribution < 1.29 is 0 Å². The molecular weight excluding hydrogens is 210 g/mol. The van der Waals surface area contributed by atoms with Crippen molar-refractivity contribution in [1.29, 1.82) is 0 Å². The van der Waals surface area contributed by atoms with Crippen molar-refractivity contribution in [3.05, 3.63) is 42.1 Å². The van der Waals surface area contributed by atoms with Crippen LogP contribution in [0.5, 0.6) is 0 Å². The van der Waals surface area contributed by atoms with E-state index in [1.807, 2.05) is 17.8 Å². The van der Waals surface area contributed by atoms with Gasteiger partial charge in [0.15, 0.2) is 0 Å². The molecule has 2 heterocycles. The fourth-order valence-corrected chi connectivity index (χ4v) is 2.49. The third-order valence-corrected chi connectivity index (χ3v) is 3.40. The summed E-state index contributed by atoms with van der Waals surface area (Å²) in [6.07, 6.45) is 2.48. The highest BCUT2D eigenvalue weighted by atomic mass is 15.3. The van der Waals surface area contributed by atoms with Crippen molar-refractivity contribution in [3.8, 4) is 11.3 Å². The predicted molar refractivity (Wildman–Crippen MR) is 68.6 cm³/mol. The SMILES string of the molecule is Cn1nc(-c2ccccc2)cc1C1CCCN1. The summed E-state index contributed by atoms with van der Waals surface area (Å²) in [6, 6.07) is 13.0. The quantitative estimate of drug-likeness (QED) is 0.854. The third kappa shape index (κ3) is 1.98. The molecule has 3 rings (SSSR count). The molecule has 2 aromatic rings. The monoisotopic (exact) mass is 227 g/mol. The lowest BCUT2D eigenvalue weighted by Crippen LogP contribution is -2.16. The van der Waals surface area contributed by atoms with Crippen LogP contribution in [0.3, 0.4) is 0 Å². The molecule has 1 aliphatic heterocycles. The van der Waals surface area contributed by atoms with Crippen LogP contribution in [0.15, 0.2) is 36.4 Å². The maximum absolute atomic E-state index is 4.60. The number of aryl methyl sites for hydroxylation is 1. The molecule has 3 heteroatoms. The normalized spacial score (nSPS) is 19.7. The average Bonchev–Trinajstić information content (AvgIpc) is 2.99. The predicted octanol–water partition coefficient (Wildman–Crippen LogP) is 2.51. The molecular formula is C14H17N3. The van der Waals surface area contributed by atoms with Gasteiger partial charge in [-0.25, -0.2) is 0 Å². The maximum atomic E-state index is 4.60. The molecule has 1 aromatic carbocycles. The number of nitrogens with one attached hydrogen (secondary N) is 1. The maximum Gasteiger partial charge on any atom is 0.0926 e. The van der Waals surface area contributed by atoms with Crippen molar-refractivity contribution in [1.82, 2.24) is 15.1 Å². The summed E-state index contributed by atoms with van der Waals surface area (Å²) in [5, 5.41) is 8.12. The fourth-order valence-electron chi connectivity index (χ4n) is 2.49. The number of benzene rings is 1. The molecule has 0 bridgehead atoms. The van der Waals surface area contributed by atoms with Crippen LogP contribution in [0.4, 0.5) is 0 Å². The first-order valence-corrected chi connectivity index (χ1v) is 6.17. The van der Waals surface area contributed by atoms with E-state index in [4.69, 9.17) is 0 Å². The first-order valence-electron chi connectivity index (χ1n) is 6.17. The second kappa shape index (κ2) is 4.34. The zero-order valence-electron chi connectivity index (χ0n) is 10.1. The Labute approximate surface area is 101 Å². The van der Waals surface area contributed by atoms with Gasteiger partial charge < -0.3 is 5.32 Å². The van der Waals surface area contributed by atoms with E-state index in [9.17, 15) is 0 Å². The van der Waals surface area contributed by atoms with Crippen molar-refractivity contribution in [2.45, 2.75) is 18.9 Å². The summed E-state index contributed by atoms with van der Waals surface area (Å²) in [6.45, 7) is 1.12.